The van der Waals surface area contributed by atoms with Crippen LogP contribution in [0.5, 0.6) is 0 Å². The molecule has 13 heavy (non-hydrogen) atoms. The number of rotatable bonds is 2. The lowest BCUT2D eigenvalue weighted by atomic mass is 9.94. The summed E-state index contributed by atoms with van der Waals surface area (Å²) in [7, 11) is 0. The number of aliphatic hydroxyl groups excluding tert-OH is 1. The van der Waals surface area contributed by atoms with Crippen LogP contribution >= 0.6 is 11.6 Å². The Morgan fingerprint density at radius 3 is 2.77 bits per heavy atom. The van der Waals surface area contributed by atoms with E-state index in [0.717, 1.165) is 0 Å². The highest BCUT2D eigenvalue weighted by Crippen LogP contribution is 2.25. The highest BCUT2D eigenvalue weighted by Gasteiger charge is 2.24. The van der Waals surface area contributed by atoms with Crippen LogP contribution in [0.1, 0.15) is 12.5 Å². The first kappa shape index (κ1) is 10.4. The standard InChI is InChI=1S/C9H11ClFNO/c1-9(12,5-13)6-3-2-4-7(10)8(6)11/h2-4,13H,5,12H2,1H3/t9-/m1/s1. The lowest BCUT2D eigenvalue weighted by molar-refractivity contribution is 0.206. The Bertz CT molecular complexity index is 314. The average Bonchev–Trinajstić information content (AvgIpc) is 2.09. The van der Waals surface area contributed by atoms with Crippen molar-refractivity contribution in [2.75, 3.05) is 6.61 Å². The van der Waals surface area contributed by atoms with Crippen molar-refractivity contribution in [1.82, 2.24) is 0 Å². The fraction of sp³-hybridized carbons (Fsp3) is 0.333. The molecule has 1 rings (SSSR count). The molecule has 0 radical (unpaired) electrons. The Morgan fingerprint density at radius 2 is 2.23 bits per heavy atom. The van der Waals surface area contributed by atoms with Crippen molar-refractivity contribution in [3.05, 3.63) is 34.6 Å². The second-order valence-electron chi connectivity index (χ2n) is 3.18. The summed E-state index contributed by atoms with van der Waals surface area (Å²) in [4.78, 5) is 0. The van der Waals surface area contributed by atoms with Gasteiger partial charge in [-0.15, -0.1) is 0 Å². The van der Waals surface area contributed by atoms with Gasteiger partial charge in [-0.1, -0.05) is 23.7 Å². The summed E-state index contributed by atoms with van der Waals surface area (Å²) in [5, 5.41) is 8.94. The molecule has 0 unspecified atom stereocenters. The van der Waals surface area contributed by atoms with E-state index >= 15 is 0 Å². The van der Waals surface area contributed by atoms with Gasteiger partial charge in [0, 0.05) is 5.56 Å². The van der Waals surface area contributed by atoms with Crippen LogP contribution in [0, 0.1) is 5.82 Å². The fourth-order valence-electron chi connectivity index (χ4n) is 1.03. The number of halogens is 2. The Balaban J connectivity index is 3.22. The van der Waals surface area contributed by atoms with Crippen molar-refractivity contribution in [1.29, 1.82) is 0 Å². The SMILES string of the molecule is C[C@@](N)(CO)c1cccc(Cl)c1F. The molecule has 3 N–H and O–H groups in total. The van der Waals surface area contributed by atoms with E-state index in [1.165, 1.54) is 12.1 Å². The lowest BCUT2D eigenvalue weighted by Gasteiger charge is -2.22. The molecule has 0 bridgehead atoms. The molecule has 0 aliphatic heterocycles. The van der Waals surface area contributed by atoms with E-state index in [0.29, 0.717) is 0 Å². The molecular weight excluding hydrogens is 193 g/mol. The molecule has 0 aliphatic rings. The number of hydrogen-bond donors (Lipinski definition) is 2. The number of nitrogens with two attached hydrogens (primary N) is 1. The van der Waals surface area contributed by atoms with Gasteiger partial charge in [0.15, 0.2) is 0 Å². The van der Waals surface area contributed by atoms with Crippen LogP contribution in [0.15, 0.2) is 18.2 Å². The van der Waals surface area contributed by atoms with Crippen LogP contribution in [-0.4, -0.2) is 11.7 Å². The van der Waals surface area contributed by atoms with Gasteiger partial charge in [-0.25, -0.2) is 4.39 Å². The van der Waals surface area contributed by atoms with Crippen molar-refractivity contribution in [3.63, 3.8) is 0 Å². The maximum atomic E-state index is 13.4. The summed E-state index contributed by atoms with van der Waals surface area (Å²) < 4.78 is 13.4. The van der Waals surface area contributed by atoms with Crippen molar-refractivity contribution < 1.29 is 9.50 Å². The van der Waals surface area contributed by atoms with E-state index in [9.17, 15) is 4.39 Å². The third-order valence-electron chi connectivity index (χ3n) is 1.90. The van der Waals surface area contributed by atoms with Crippen LogP contribution in [-0.2, 0) is 5.54 Å². The number of benzene rings is 1. The van der Waals surface area contributed by atoms with Gasteiger partial charge >= 0.3 is 0 Å². The molecule has 0 saturated heterocycles. The minimum Gasteiger partial charge on any atom is -0.394 e. The predicted molar refractivity (Wildman–Crippen MR) is 50.0 cm³/mol. The van der Waals surface area contributed by atoms with Gasteiger partial charge in [0.25, 0.3) is 0 Å². The van der Waals surface area contributed by atoms with Gasteiger partial charge in [-0.3, -0.25) is 0 Å². The molecule has 1 atom stereocenters. The van der Waals surface area contributed by atoms with Gasteiger partial charge in [-0.2, -0.15) is 0 Å². The summed E-state index contributed by atoms with van der Waals surface area (Å²) in [6, 6.07) is 4.55. The molecule has 4 heteroatoms. The van der Waals surface area contributed by atoms with Crippen LogP contribution in [0.25, 0.3) is 0 Å². The predicted octanol–water partition coefficient (Wildman–Crippen LogP) is 1.65. The normalized spacial score (nSPS) is 15.5. The summed E-state index contributed by atoms with van der Waals surface area (Å²) in [6.07, 6.45) is 0. The third-order valence-corrected chi connectivity index (χ3v) is 2.19. The minimum atomic E-state index is -1.09. The monoisotopic (exact) mass is 203 g/mol. The van der Waals surface area contributed by atoms with Crippen LogP contribution < -0.4 is 5.73 Å². The van der Waals surface area contributed by atoms with Gasteiger partial charge in [-0.05, 0) is 13.0 Å². The first-order chi connectivity index (χ1) is 5.99. The Morgan fingerprint density at radius 1 is 1.62 bits per heavy atom. The van der Waals surface area contributed by atoms with Crippen molar-refractivity contribution in [3.8, 4) is 0 Å². The molecule has 0 spiro atoms. The number of aliphatic hydroxyl groups is 1. The van der Waals surface area contributed by atoms with Crippen molar-refractivity contribution >= 4 is 11.6 Å². The smallest absolute Gasteiger partial charge is 0.146 e. The summed E-state index contributed by atoms with van der Waals surface area (Å²) in [6.45, 7) is 1.21. The van der Waals surface area contributed by atoms with Crippen molar-refractivity contribution in [2.24, 2.45) is 5.73 Å². The zero-order chi connectivity index (χ0) is 10.1. The Labute approximate surface area is 81.1 Å². The van der Waals surface area contributed by atoms with Crippen LogP contribution in [0.3, 0.4) is 0 Å². The average molecular weight is 204 g/mol. The second kappa shape index (κ2) is 3.62. The van der Waals surface area contributed by atoms with Gasteiger partial charge in [0.05, 0.1) is 17.2 Å². The van der Waals surface area contributed by atoms with Gasteiger partial charge in [0.1, 0.15) is 5.82 Å². The molecule has 1 aromatic rings. The zero-order valence-electron chi connectivity index (χ0n) is 7.22. The summed E-state index contributed by atoms with van der Waals surface area (Å²) in [5.74, 6) is -0.566. The van der Waals surface area contributed by atoms with Gasteiger partial charge in [0.2, 0.25) is 0 Å². The maximum Gasteiger partial charge on any atom is 0.146 e. The second-order valence-corrected chi connectivity index (χ2v) is 3.58. The van der Waals surface area contributed by atoms with E-state index in [1.54, 1.807) is 13.0 Å². The van der Waals surface area contributed by atoms with E-state index in [4.69, 9.17) is 22.4 Å². The molecule has 0 aromatic heterocycles. The quantitative estimate of drug-likeness (QED) is 0.768. The number of hydrogen-bond acceptors (Lipinski definition) is 2. The van der Waals surface area contributed by atoms with E-state index in [1.807, 2.05) is 0 Å². The summed E-state index contributed by atoms with van der Waals surface area (Å²) in [5.41, 5.74) is 4.79. The molecule has 72 valence electrons. The molecular formula is C9H11ClFNO. The first-order valence-electron chi connectivity index (χ1n) is 3.83. The molecule has 1 aromatic carbocycles. The topological polar surface area (TPSA) is 46.2 Å². The highest BCUT2D eigenvalue weighted by molar-refractivity contribution is 6.30. The first-order valence-corrected chi connectivity index (χ1v) is 4.21. The van der Waals surface area contributed by atoms with E-state index in [2.05, 4.69) is 0 Å². The van der Waals surface area contributed by atoms with Crippen LogP contribution in [0.4, 0.5) is 4.39 Å². The Hall–Kier alpha value is -0.640. The summed E-state index contributed by atoms with van der Waals surface area (Å²) >= 11 is 5.56. The molecule has 0 fully saturated rings. The van der Waals surface area contributed by atoms with Crippen LogP contribution in [0.2, 0.25) is 5.02 Å². The molecule has 0 amide bonds. The highest BCUT2D eigenvalue weighted by atomic mass is 35.5. The molecule has 2 nitrogen and oxygen atoms in total. The molecule has 0 aliphatic carbocycles. The zero-order valence-corrected chi connectivity index (χ0v) is 7.98. The molecule has 0 heterocycles. The third kappa shape index (κ3) is 1.99. The minimum absolute atomic E-state index is 0.0163. The molecule has 0 saturated carbocycles. The van der Waals surface area contributed by atoms with Gasteiger partial charge < -0.3 is 10.8 Å². The lowest BCUT2D eigenvalue weighted by Crippen LogP contribution is -2.37. The largest absolute Gasteiger partial charge is 0.394 e. The maximum absolute atomic E-state index is 13.4. The Kier molecular flexibility index (Phi) is 2.91. The van der Waals surface area contributed by atoms with E-state index in [-0.39, 0.29) is 17.2 Å². The fourth-order valence-corrected chi connectivity index (χ4v) is 1.20. The van der Waals surface area contributed by atoms with Crippen molar-refractivity contribution in [2.45, 2.75) is 12.5 Å². The van der Waals surface area contributed by atoms with E-state index < -0.39 is 11.4 Å².